The number of hydrogen-bond acceptors (Lipinski definition) is 1. The van der Waals surface area contributed by atoms with Crippen molar-refractivity contribution in [2.24, 2.45) is 0 Å². The Hall–Kier alpha value is -3.01. The first-order chi connectivity index (χ1) is 12.3. The summed E-state index contributed by atoms with van der Waals surface area (Å²) in [7, 11) is 0. The van der Waals surface area contributed by atoms with E-state index in [1.807, 2.05) is 36.5 Å². The average Bonchev–Trinajstić information content (AvgIpc) is 3.26. The summed E-state index contributed by atoms with van der Waals surface area (Å²) >= 11 is 0. The van der Waals surface area contributed by atoms with E-state index in [4.69, 9.17) is 0 Å². The highest BCUT2D eigenvalue weighted by atomic mass is 16.1. The summed E-state index contributed by atoms with van der Waals surface area (Å²) in [5, 5.41) is 5.62. The van der Waals surface area contributed by atoms with Crippen LogP contribution in [0.5, 0.6) is 0 Å². The first kappa shape index (κ1) is 14.3. The van der Waals surface area contributed by atoms with E-state index in [-0.39, 0.29) is 11.9 Å². The van der Waals surface area contributed by atoms with Crippen LogP contribution in [-0.2, 0) is 6.42 Å². The van der Waals surface area contributed by atoms with Crippen LogP contribution in [-0.4, -0.2) is 15.9 Å². The van der Waals surface area contributed by atoms with E-state index >= 15 is 0 Å². The monoisotopic (exact) mass is 329 g/mol. The Kier molecular flexibility index (Phi) is 3.17. The third-order valence-corrected chi connectivity index (χ3v) is 5.24. The number of fused-ring (bicyclic) bond motifs is 4. The standard InChI is InChI=1S/C21H19N3O/c25-21(14-9-8-13-10-11-22-19(13)12-14)24-18-7-3-5-16-15-4-1-2-6-17(15)23-20(16)18/h1-2,4,6,8-12,18,22-23H,3,5,7H2,(H,24,25). The van der Waals surface area contributed by atoms with Crippen LogP contribution in [0.2, 0.25) is 0 Å². The number of aryl methyl sites for hydroxylation is 1. The normalized spacial score (nSPS) is 16.9. The summed E-state index contributed by atoms with van der Waals surface area (Å²) < 4.78 is 0. The van der Waals surface area contributed by atoms with Crippen LogP contribution >= 0.6 is 0 Å². The number of benzene rings is 2. The number of aromatic nitrogens is 2. The maximum Gasteiger partial charge on any atom is 0.251 e. The molecule has 0 fully saturated rings. The third-order valence-electron chi connectivity index (χ3n) is 5.24. The molecule has 0 radical (unpaired) electrons. The van der Waals surface area contributed by atoms with Crippen LogP contribution in [0.4, 0.5) is 0 Å². The topological polar surface area (TPSA) is 60.7 Å². The van der Waals surface area contributed by atoms with Gasteiger partial charge < -0.3 is 15.3 Å². The van der Waals surface area contributed by atoms with Gasteiger partial charge in [-0.1, -0.05) is 24.3 Å². The Balaban J connectivity index is 1.47. The molecule has 1 unspecified atom stereocenters. The lowest BCUT2D eigenvalue weighted by molar-refractivity contribution is 0.0932. The van der Waals surface area contributed by atoms with Crippen molar-refractivity contribution in [2.45, 2.75) is 25.3 Å². The van der Waals surface area contributed by atoms with E-state index in [1.54, 1.807) is 0 Å². The highest BCUT2D eigenvalue weighted by molar-refractivity contribution is 5.98. The van der Waals surface area contributed by atoms with Crippen molar-refractivity contribution in [1.82, 2.24) is 15.3 Å². The lowest BCUT2D eigenvalue weighted by Crippen LogP contribution is -2.31. The van der Waals surface area contributed by atoms with Gasteiger partial charge in [-0.2, -0.15) is 0 Å². The van der Waals surface area contributed by atoms with Crippen molar-refractivity contribution in [3.05, 3.63) is 71.5 Å². The number of rotatable bonds is 2. The van der Waals surface area contributed by atoms with Gasteiger partial charge in [-0.15, -0.1) is 0 Å². The number of para-hydroxylation sites is 1. The third kappa shape index (κ3) is 2.33. The van der Waals surface area contributed by atoms with Gasteiger partial charge >= 0.3 is 0 Å². The Morgan fingerprint density at radius 3 is 2.96 bits per heavy atom. The maximum absolute atomic E-state index is 12.8. The smallest absolute Gasteiger partial charge is 0.251 e. The van der Waals surface area contributed by atoms with Crippen LogP contribution in [0.3, 0.4) is 0 Å². The lowest BCUT2D eigenvalue weighted by Gasteiger charge is -2.24. The van der Waals surface area contributed by atoms with Crippen LogP contribution in [0.25, 0.3) is 21.8 Å². The van der Waals surface area contributed by atoms with E-state index in [2.05, 4.69) is 33.5 Å². The quantitative estimate of drug-likeness (QED) is 0.500. The largest absolute Gasteiger partial charge is 0.361 e. The molecule has 1 amide bonds. The molecule has 0 spiro atoms. The fourth-order valence-corrected chi connectivity index (χ4v) is 3.99. The minimum absolute atomic E-state index is 0.0204. The molecule has 25 heavy (non-hydrogen) atoms. The second-order valence-corrected chi connectivity index (χ2v) is 6.76. The molecule has 4 aromatic rings. The zero-order chi connectivity index (χ0) is 16.8. The molecular weight excluding hydrogens is 310 g/mol. The zero-order valence-corrected chi connectivity index (χ0v) is 13.8. The first-order valence-corrected chi connectivity index (χ1v) is 8.77. The number of hydrogen-bond donors (Lipinski definition) is 3. The van der Waals surface area contributed by atoms with Gasteiger partial charge in [-0.3, -0.25) is 4.79 Å². The minimum atomic E-state index is -0.0204. The molecule has 2 heterocycles. The Morgan fingerprint density at radius 2 is 2.00 bits per heavy atom. The van der Waals surface area contributed by atoms with Gasteiger partial charge in [0.05, 0.1) is 6.04 Å². The summed E-state index contributed by atoms with van der Waals surface area (Å²) in [5.74, 6) is -0.0204. The molecule has 0 saturated heterocycles. The van der Waals surface area contributed by atoms with E-state index in [9.17, 15) is 4.79 Å². The first-order valence-electron chi connectivity index (χ1n) is 8.77. The van der Waals surface area contributed by atoms with Crippen molar-refractivity contribution >= 4 is 27.7 Å². The van der Waals surface area contributed by atoms with Gasteiger partial charge in [0.15, 0.2) is 0 Å². The van der Waals surface area contributed by atoms with Crippen molar-refractivity contribution < 1.29 is 4.79 Å². The Morgan fingerprint density at radius 1 is 1.08 bits per heavy atom. The van der Waals surface area contributed by atoms with E-state index in [0.29, 0.717) is 5.56 Å². The maximum atomic E-state index is 12.8. The van der Waals surface area contributed by atoms with Gasteiger partial charge in [0.2, 0.25) is 0 Å². The predicted molar refractivity (Wildman–Crippen MR) is 99.7 cm³/mol. The summed E-state index contributed by atoms with van der Waals surface area (Å²) in [4.78, 5) is 19.5. The molecule has 1 aliphatic rings. The molecule has 2 aromatic heterocycles. The summed E-state index contributed by atoms with van der Waals surface area (Å²) in [6, 6.07) is 16.2. The SMILES string of the molecule is O=C(NC1CCCc2c1[nH]c1ccccc21)c1ccc2cc[nH]c2c1. The van der Waals surface area contributed by atoms with Crippen molar-refractivity contribution in [3.8, 4) is 0 Å². The Labute approximate surface area is 145 Å². The van der Waals surface area contributed by atoms with Crippen LogP contribution < -0.4 is 5.32 Å². The Bertz CT molecular complexity index is 1090. The van der Waals surface area contributed by atoms with Crippen LogP contribution in [0, 0.1) is 0 Å². The van der Waals surface area contributed by atoms with E-state index in [0.717, 1.165) is 35.7 Å². The molecule has 3 N–H and O–H groups in total. The van der Waals surface area contributed by atoms with Gasteiger partial charge in [-0.25, -0.2) is 0 Å². The molecule has 1 aliphatic carbocycles. The molecule has 2 aromatic carbocycles. The molecular formula is C21H19N3O. The van der Waals surface area contributed by atoms with Gasteiger partial charge in [0, 0.05) is 33.9 Å². The van der Waals surface area contributed by atoms with Gasteiger partial charge in [0.25, 0.3) is 5.91 Å². The molecule has 1 atom stereocenters. The van der Waals surface area contributed by atoms with Crippen LogP contribution in [0.15, 0.2) is 54.7 Å². The van der Waals surface area contributed by atoms with Crippen LogP contribution in [0.1, 0.15) is 40.5 Å². The minimum Gasteiger partial charge on any atom is -0.361 e. The molecule has 0 bridgehead atoms. The fraction of sp³-hybridized carbons (Fsp3) is 0.190. The number of H-pyrrole nitrogens is 2. The van der Waals surface area contributed by atoms with Crippen molar-refractivity contribution in [3.63, 3.8) is 0 Å². The molecule has 0 aliphatic heterocycles. The number of nitrogens with one attached hydrogen (secondary N) is 3. The molecule has 4 nitrogen and oxygen atoms in total. The summed E-state index contributed by atoms with van der Waals surface area (Å²) in [6.07, 6.45) is 5.02. The van der Waals surface area contributed by atoms with Crippen molar-refractivity contribution in [2.75, 3.05) is 0 Å². The van der Waals surface area contributed by atoms with E-state index in [1.165, 1.54) is 16.6 Å². The molecule has 4 heteroatoms. The number of carbonyl (C=O) groups excluding carboxylic acids is 1. The lowest BCUT2D eigenvalue weighted by atomic mass is 9.91. The highest BCUT2D eigenvalue weighted by Crippen LogP contribution is 2.34. The highest BCUT2D eigenvalue weighted by Gasteiger charge is 2.25. The van der Waals surface area contributed by atoms with Crippen molar-refractivity contribution in [1.29, 1.82) is 0 Å². The average molecular weight is 329 g/mol. The summed E-state index contributed by atoms with van der Waals surface area (Å²) in [6.45, 7) is 0. The van der Waals surface area contributed by atoms with E-state index < -0.39 is 0 Å². The van der Waals surface area contributed by atoms with Gasteiger partial charge in [0.1, 0.15) is 0 Å². The van der Waals surface area contributed by atoms with Gasteiger partial charge in [-0.05, 0) is 54.5 Å². The molecule has 0 saturated carbocycles. The number of amides is 1. The molecule has 5 rings (SSSR count). The number of aromatic amines is 2. The fourth-order valence-electron chi connectivity index (χ4n) is 3.99. The number of carbonyl (C=O) groups is 1. The zero-order valence-electron chi connectivity index (χ0n) is 13.8. The second kappa shape index (κ2) is 5.52. The summed E-state index contributed by atoms with van der Waals surface area (Å²) in [5.41, 5.74) is 5.36. The second-order valence-electron chi connectivity index (χ2n) is 6.76. The predicted octanol–water partition coefficient (Wildman–Crippen LogP) is 4.46. The molecule has 124 valence electrons.